The zero-order valence-electron chi connectivity index (χ0n) is 10.3. The molecule has 17 heavy (non-hydrogen) atoms. The maximum atomic E-state index is 11.7. The Labute approximate surface area is 102 Å². The van der Waals surface area contributed by atoms with Gasteiger partial charge in [0.1, 0.15) is 0 Å². The molecule has 0 fully saturated rings. The fraction of sp³-hybridized carbons (Fsp3) is 0.462. The third-order valence-electron chi connectivity index (χ3n) is 2.96. The summed E-state index contributed by atoms with van der Waals surface area (Å²) in [4.78, 5) is 13.2. The van der Waals surface area contributed by atoms with Crippen LogP contribution < -0.4 is 5.73 Å². The molecule has 3 N–H and O–H groups in total. The first-order valence-electron chi connectivity index (χ1n) is 5.76. The van der Waals surface area contributed by atoms with Crippen LogP contribution >= 0.6 is 0 Å². The summed E-state index contributed by atoms with van der Waals surface area (Å²) in [6.45, 7) is 2.16. The SMILES string of the molecule is C[C@@H]([C@@H](O)c1ccccc1)N(C)C(=O)CCN. The van der Waals surface area contributed by atoms with Crippen molar-refractivity contribution in [2.45, 2.75) is 25.5 Å². The Hall–Kier alpha value is -1.39. The van der Waals surface area contributed by atoms with Crippen LogP contribution in [0.2, 0.25) is 0 Å². The third-order valence-corrected chi connectivity index (χ3v) is 2.96. The van der Waals surface area contributed by atoms with E-state index in [4.69, 9.17) is 5.73 Å². The molecule has 0 spiro atoms. The average molecular weight is 236 g/mol. The number of benzene rings is 1. The largest absolute Gasteiger partial charge is 0.386 e. The zero-order chi connectivity index (χ0) is 12.8. The number of rotatable bonds is 5. The number of amides is 1. The zero-order valence-corrected chi connectivity index (χ0v) is 10.3. The molecule has 2 atom stereocenters. The molecule has 1 aromatic carbocycles. The predicted octanol–water partition coefficient (Wildman–Crippen LogP) is 0.916. The molecule has 0 aliphatic carbocycles. The molecule has 1 amide bonds. The van der Waals surface area contributed by atoms with Crippen molar-refractivity contribution >= 4 is 5.91 Å². The molecule has 1 aromatic rings. The number of nitrogens with zero attached hydrogens (tertiary/aromatic N) is 1. The van der Waals surface area contributed by atoms with Crippen molar-refractivity contribution in [1.82, 2.24) is 4.90 Å². The number of aliphatic hydroxyl groups is 1. The van der Waals surface area contributed by atoms with Crippen molar-refractivity contribution in [3.8, 4) is 0 Å². The molecule has 0 aliphatic rings. The molecule has 0 aromatic heterocycles. The van der Waals surface area contributed by atoms with Gasteiger partial charge in [0.2, 0.25) is 5.91 Å². The number of aliphatic hydroxyl groups excluding tert-OH is 1. The summed E-state index contributed by atoms with van der Waals surface area (Å²) in [5.74, 6) is -0.0463. The first-order chi connectivity index (χ1) is 8.07. The Kier molecular flexibility index (Phi) is 5.12. The number of nitrogens with two attached hydrogens (primary N) is 1. The van der Waals surface area contributed by atoms with E-state index in [0.717, 1.165) is 5.56 Å². The molecule has 0 saturated carbocycles. The Morgan fingerprint density at radius 2 is 2.00 bits per heavy atom. The molecule has 0 heterocycles. The molecule has 0 radical (unpaired) electrons. The van der Waals surface area contributed by atoms with Gasteiger partial charge in [0, 0.05) is 20.0 Å². The van der Waals surface area contributed by atoms with Crippen molar-refractivity contribution in [2.24, 2.45) is 5.73 Å². The van der Waals surface area contributed by atoms with Crippen LogP contribution in [0.25, 0.3) is 0 Å². The highest BCUT2D eigenvalue weighted by Crippen LogP contribution is 2.19. The normalized spacial score (nSPS) is 14.1. The van der Waals surface area contributed by atoms with Crippen LogP contribution in [0.4, 0.5) is 0 Å². The molecule has 94 valence electrons. The predicted molar refractivity (Wildman–Crippen MR) is 67.3 cm³/mol. The van der Waals surface area contributed by atoms with Gasteiger partial charge in [-0.25, -0.2) is 0 Å². The quantitative estimate of drug-likeness (QED) is 0.798. The lowest BCUT2D eigenvalue weighted by Gasteiger charge is -2.29. The van der Waals surface area contributed by atoms with Crippen LogP contribution in [-0.4, -0.2) is 35.5 Å². The minimum Gasteiger partial charge on any atom is -0.386 e. The van der Waals surface area contributed by atoms with E-state index in [1.807, 2.05) is 37.3 Å². The first kappa shape index (κ1) is 13.7. The Morgan fingerprint density at radius 3 is 2.53 bits per heavy atom. The van der Waals surface area contributed by atoms with Crippen molar-refractivity contribution < 1.29 is 9.90 Å². The van der Waals surface area contributed by atoms with Crippen molar-refractivity contribution in [3.05, 3.63) is 35.9 Å². The van der Waals surface area contributed by atoms with Crippen molar-refractivity contribution in [1.29, 1.82) is 0 Å². The van der Waals surface area contributed by atoms with Crippen molar-refractivity contribution in [3.63, 3.8) is 0 Å². The molecule has 4 heteroatoms. The highest BCUT2D eigenvalue weighted by Gasteiger charge is 2.23. The maximum absolute atomic E-state index is 11.7. The summed E-state index contributed by atoms with van der Waals surface area (Å²) < 4.78 is 0. The van der Waals surface area contributed by atoms with Crippen molar-refractivity contribution in [2.75, 3.05) is 13.6 Å². The molecule has 0 aliphatic heterocycles. The second kappa shape index (κ2) is 6.37. The van der Waals surface area contributed by atoms with Gasteiger partial charge in [-0.05, 0) is 12.5 Å². The van der Waals surface area contributed by atoms with Gasteiger partial charge in [-0.3, -0.25) is 4.79 Å². The van der Waals surface area contributed by atoms with Gasteiger partial charge in [-0.2, -0.15) is 0 Å². The summed E-state index contributed by atoms with van der Waals surface area (Å²) in [6, 6.07) is 9.06. The van der Waals surface area contributed by atoms with Crippen LogP contribution in [0.1, 0.15) is 25.0 Å². The van der Waals surface area contributed by atoms with Gasteiger partial charge in [0.15, 0.2) is 0 Å². The smallest absolute Gasteiger partial charge is 0.223 e. The fourth-order valence-corrected chi connectivity index (χ4v) is 1.67. The van der Waals surface area contributed by atoms with E-state index < -0.39 is 6.10 Å². The maximum Gasteiger partial charge on any atom is 0.223 e. The van der Waals surface area contributed by atoms with Gasteiger partial charge in [-0.1, -0.05) is 30.3 Å². The number of hydrogen-bond acceptors (Lipinski definition) is 3. The topological polar surface area (TPSA) is 66.6 Å². The summed E-state index contributed by atoms with van der Waals surface area (Å²) in [5.41, 5.74) is 6.16. The van der Waals surface area contributed by atoms with Crippen LogP contribution in [0.3, 0.4) is 0 Å². The minimum absolute atomic E-state index is 0.0463. The second-order valence-electron chi connectivity index (χ2n) is 4.14. The van der Waals surface area contributed by atoms with Gasteiger partial charge in [0.05, 0.1) is 12.1 Å². The Bertz CT molecular complexity index is 354. The van der Waals surface area contributed by atoms with Crippen LogP contribution in [0.5, 0.6) is 0 Å². The summed E-state index contributed by atoms with van der Waals surface area (Å²) >= 11 is 0. The highest BCUT2D eigenvalue weighted by atomic mass is 16.3. The van der Waals surface area contributed by atoms with E-state index in [1.54, 1.807) is 11.9 Å². The molecule has 1 rings (SSSR count). The molecular formula is C13H20N2O2. The molecule has 0 bridgehead atoms. The van der Waals surface area contributed by atoms with E-state index in [0.29, 0.717) is 13.0 Å². The highest BCUT2D eigenvalue weighted by molar-refractivity contribution is 5.76. The first-order valence-corrected chi connectivity index (χ1v) is 5.76. The van der Waals surface area contributed by atoms with Crippen LogP contribution in [0, 0.1) is 0 Å². The van der Waals surface area contributed by atoms with E-state index >= 15 is 0 Å². The number of carbonyl (C=O) groups excluding carboxylic acids is 1. The lowest BCUT2D eigenvalue weighted by Crippen LogP contribution is -2.39. The summed E-state index contributed by atoms with van der Waals surface area (Å²) in [7, 11) is 1.69. The average Bonchev–Trinajstić information content (AvgIpc) is 2.37. The number of likely N-dealkylation sites (N-methyl/N-ethyl adjacent to an activating group) is 1. The van der Waals surface area contributed by atoms with Crippen LogP contribution in [-0.2, 0) is 4.79 Å². The van der Waals surface area contributed by atoms with Gasteiger partial charge >= 0.3 is 0 Å². The lowest BCUT2D eigenvalue weighted by molar-refractivity contribution is -0.133. The van der Waals surface area contributed by atoms with E-state index in [2.05, 4.69) is 0 Å². The Morgan fingerprint density at radius 1 is 1.41 bits per heavy atom. The fourth-order valence-electron chi connectivity index (χ4n) is 1.67. The van der Waals surface area contributed by atoms with Crippen LogP contribution in [0.15, 0.2) is 30.3 Å². The van der Waals surface area contributed by atoms with Gasteiger partial charge < -0.3 is 15.7 Å². The van der Waals surface area contributed by atoms with E-state index in [9.17, 15) is 9.90 Å². The number of hydrogen-bond donors (Lipinski definition) is 2. The third kappa shape index (κ3) is 3.54. The van der Waals surface area contributed by atoms with Gasteiger partial charge in [0.25, 0.3) is 0 Å². The minimum atomic E-state index is -0.678. The molecular weight excluding hydrogens is 216 g/mol. The molecule has 0 unspecified atom stereocenters. The monoisotopic (exact) mass is 236 g/mol. The lowest BCUT2D eigenvalue weighted by atomic mass is 10.0. The van der Waals surface area contributed by atoms with E-state index in [1.165, 1.54) is 0 Å². The molecule has 4 nitrogen and oxygen atoms in total. The number of carbonyl (C=O) groups is 1. The second-order valence-corrected chi connectivity index (χ2v) is 4.14. The summed E-state index contributed by atoms with van der Waals surface area (Å²) in [6.07, 6.45) is -0.370. The Balaban J connectivity index is 2.69. The summed E-state index contributed by atoms with van der Waals surface area (Å²) in [5, 5.41) is 10.2. The molecule has 0 saturated heterocycles. The van der Waals surface area contributed by atoms with Gasteiger partial charge in [-0.15, -0.1) is 0 Å². The standard InChI is InChI=1S/C13H20N2O2/c1-10(15(2)12(16)8-9-14)13(17)11-6-4-3-5-7-11/h3-7,10,13,17H,8-9,14H2,1-2H3/t10-,13+/m0/s1. The van der Waals surface area contributed by atoms with E-state index in [-0.39, 0.29) is 11.9 Å².